The van der Waals surface area contributed by atoms with E-state index in [2.05, 4.69) is 10.6 Å². The molecule has 1 unspecified atom stereocenters. The number of likely N-dealkylation sites (N-methyl/N-ethyl adjacent to an activating group) is 1. The number of nitrogens with one attached hydrogen (secondary N) is 2. The molecular weight excluding hydrogens is 332 g/mol. The van der Waals surface area contributed by atoms with E-state index in [9.17, 15) is 24.5 Å². The van der Waals surface area contributed by atoms with Gasteiger partial charge in [-0.05, 0) is 30.9 Å². The summed E-state index contributed by atoms with van der Waals surface area (Å²) >= 11 is 0. The van der Waals surface area contributed by atoms with E-state index in [1.165, 1.54) is 36.2 Å². The van der Waals surface area contributed by atoms with Gasteiger partial charge in [0.05, 0.1) is 11.5 Å². The topological polar surface area (TPSA) is 131 Å². The number of nitro benzene ring substituents is 1. The zero-order chi connectivity index (χ0) is 18.2. The lowest BCUT2D eigenvalue weighted by Crippen LogP contribution is -2.57. The molecule has 0 spiro atoms. The fourth-order valence-corrected chi connectivity index (χ4v) is 2.86. The summed E-state index contributed by atoms with van der Waals surface area (Å²) in [6, 6.07) is 4.49. The van der Waals surface area contributed by atoms with Gasteiger partial charge in [0.2, 0.25) is 0 Å². The lowest BCUT2D eigenvalue weighted by atomic mass is 9.93. The molecule has 10 nitrogen and oxygen atoms in total. The Kier molecular flexibility index (Phi) is 4.03. The minimum absolute atomic E-state index is 0.0198. The largest absolute Gasteiger partial charge is 0.415 e. The molecule has 1 heterocycles. The molecule has 1 atom stereocenters. The first-order valence-electron chi connectivity index (χ1n) is 7.63. The van der Waals surface area contributed by atoms with Crippen LogP contribution < -0.4 is 15.4 Å². The molecule has 2 N–H and O–H groups in total. The number of amides is 4. The molecular formula is C15H16N4O6. The van der Waals surface area contributed by atoms with Crippen LogP contribution in [0.3, 0.4) is 0 Å². The van der Waals surface area contributed by atoms with Gasteiger partial charge >= 0.3 is 12.1 Å². The fraction of sp³-hybridized carbons (Fsp3) is 0.400. The van der Waals surface area contributed by atoms with Crippen LogP contribution in [0.5, 0.6) is 5.75 Å². The lowest BCUT2D eigenvalue weighted by Gasteiger charge is -2.30. The summed E-state index contributed by atoms with van der Waals surface area (Å²) in [6.45, 7) is -0.0267. The van der Waals surface area contributed by atoms with Crippen molar-refractivity contribution >= 4 is 23.7 Å². The van der Waals surface area contributed by atoms with Gasteiger partial charge in [-0.15, -0.1) is 0 Å². The predicted molar refractivity (Wildman–Crippen MR) is 83.9 cm³/mol. The van der Waals surface area contributed by atoms with Crippen molar-refractivity contribution in [3.8, 4) is 5.75 Å². The van der Waals surface area contributed by atoms with Crippen LogP contribution in [0, 0.1) is 16.0 Å². The molecule has 0 bridgehead atoms. The van der Waals surface area contributed by atoms with Crippen LogP contribution in [0.25, 0.3) is 0 Å². The standard InChI is InChI=1S/C15H16N4O6/c1-18(8-15(9-2-3-9)12(20)16-13(21)17-15)14(22)25-11-6-4-10(5-7-11)19(23)24/h4-7,9H,2-3,8H2,1H3,(H2,16,17,20,21). The van der Waals surface area contributed by atoms with Gasteiger partial charge in [-0.25, -0.2) is 9.59 Å². The van der Waals surface area contributed by atoms with Crippen molar-refractivity contribution in [1.82, 2.24) is 15.5 Å². The molecule has 0 radical (unpaired) electrons. The Morgan fingerprint density at radius 1 is 1.36 bits per heavy atom. The van der Waals surface area contributed by atoms with Crippen LogP contribution in [0.15, 0.2) is 24.3 Å². The van der Waals surface area contributed by atoms with Crippen molar-refractivity contribution in [2.24, 2.45) is 5.92 Å². The van der Waals surface area contributed by atoms with Crippen LogP contribution in [-0.2, 0) is 4.79 Å². The number of hydrogen-bond donors (Lipinski definition) is 2. The first-order valence-corrected chi connectivity index (χ1v) is 7.63. The van der Waals surface area contributed by atoms with Gasteiger partial charge in [-0.3, -0.25) is 20.2 Å². The zero-order valence-electron chi connectivity index (χ0n) is 13.4. The number of urea groups is 1. The highest BCUT2D eigenvalue weighted by atomic mass is 16.6. The van der Waals surface area contributed by atoms with Crippen molar-refractivity contribution in [3.63, 3.8) is 0 Å². The van der Waals surface area contributed by atoms with Crippen molar-refractivity contribution in [3.05, 3.63) is 34.4 Å². The number of carbonyl (C=O) groups is 3. The number of benzene rings is 1. The number of nitrogens with zero attached hydrogens (tertiary/aromatic N) is 2. The average Bonchev–Trinajstić information content (AvgIpc) is 3.35. The third-order valence-electron chi connectivity index (χ3n) is 4.29. The second-order valence-electron chi connectivity index (χ2n) is 6.13. The van der Waals surface area contributed by atoms with E-state index in [0.29, 0.717) is 0 Å². The lowest BCUT2D eigenvalue weighted by molar-refractivity contribution is -0.384. The highest BCUT2D eigenvalue weighted by molar-refractivity contribution is 6.07. The maximum Gasteiger partial charge on any atom is 0.415 e. The van der Waals surface area contributed by atoms with Crippen molar-refractivity contribution < 1.29 is 24.0 Å². The summed E-state index contributed by atoms with van der Waals surface area (Å²) < 4.78 is 5.15. The third kappa shape index (κ3) is 3.23. The second kappa shape index (κ2) is 6.04. The fourth-order valence-electron chi connectivity index (χ4n) is 2.86. The number of nitro groups is 1. The van der Waals surface area contributed by atoms with E-state index in [1.54, 1.807) is 0 Å². The number of ether oxygens (including phenoxy) is 1. The van der Waals surface area contributed by atoms with Crippen LogP contribution in [0.1, 0.15) is 12.8 Å². The Labute approximate surface area is 142 Å². The SMILES string of the molecule is CN(CC1(C2CC2)NC(=O)NC1=O)C(=O)Oc1ccc([N+](=O)[O-])cc1. The number of carbonyl (C=O) groups excluding carboxylic acids is 3. The molecule has 132 valence electrons. The monoisotopic (exact) mass is 348 g/mol. The molecule has 1 aromatic carbocycles. The molecule has 1 aromatic rings. The Morgan fingerprint density at radius 3 is 2.48 bits per heavy atom. The Morgan fingerprint density at radius 2 is 2.00 bits per heavy atom. The smallest absolute Gasteiger partial charge is 0.410 e. The van der Waals surface area contributed by atoms with E-state index >= 15 is 0 Å². The normalized spacial score (nSPS) is 22.1. The summed E-state index contributed by atoms with van der Waals surface area (Å²) in [7, 11) is 1.45. The molecule has 1 saturated carbocycles. The van der Waals surface area contributed by atoms with Crippen LogP contribution >= 0.6 is 0 Å². The van der Waals surface area contributed by atoms with E-state index in [-0.39, 0.29) is 23.9 Å². The van der Waals surface area contributed by atoms with Gasteiger partial charge in [0, 0.05) is 19.2 Å². The van der Waals surface area contributed by atoms with Gasteiger partial charge in [0.15, 0.2) is 0 Å². The minimum Gasteiger partial charge on any atom is -0.410 e. The van der Waals surface area contributed by atoms with Crippen molar-refractivity contribution in [1.29, 1.82) is 0 Å². The summed E-state index contributed by atoms with van der Waals surface area (Å²) in [5.74, 6) is -0.327. The molecule has 25 heavy (non-hydrogen) atoms. The van der Waals surface area contributed by atoms with Gasteiger partial charge < -0.3 is 15.0 Å². The minimum atomic E-state index is -1.14. The van der Waals surface area contributed by atoms with E-state index in [0.717, 1.165) is 12.8 Å². The maximum atomic E-state index is 12.2. The maximum absolute atomic E-state index is 12.2. The Bertz CT molecular complexity index is 745. The first-order chi connectivity index (χ1) is 11.8. The third-order valence-corrected chi connectivity index (χ3v) is 4.29. The van der Waals surface area contributed by atoms with Crippen LogP contribution in [0.2, 0.25) is 0 Å². The molecule has 3 rings (SSSR count). The zero-order valence-corrected chi connectivity index (χ0v) is 13.4. The number of non-ortho nitro benzene ring substituents is 1. The van der Waals surface area contributed by atoms with E-state index in [1.807, 2.05) is 0 Å². The molecule has 0 aromatic heterocycles. The molecule has 2 fully saturated rings. The van der Waals surface area contributed by atoms with Crippen LogP contribution in [0.4, 0.5) is 15.3 Å². The van der Waals surface area contributed by atoms with Gasteiger partial charge in [-0.1, -0.05) is 0 Å². The van der Waals surface area contributed by atoms with Crippen molar-refractivity contribution in [2.75, 3.05) is 13.6 Å². The van der Waals surface area contributed by atoms with E-state index < -0.39 is 28.5 Å². The molecule has 2 aliphatic rings. The molecule has 1 saturated heterocycles. The summed E-state index contributed by atoms with van der Waals surface area (Å²) in [5.41, 5.74) is -1.26. The van der Waals surface area contributed by atoms with Gasteiger partial charge in [0.1, 0.15) is 11.3 Å². The second-order valence-corrected chi connectivity index (χ2v) is 6.13. The summed E-state index contributed by atoms with van der Waals surface area (Å²) in [6.07, 6.45) is 0.848. The molecule has 4 amide bonds. The Balaban J connectivity index is 1.67. The van der Waals surface area contributed by atoms with Crippen LogP contribution in [-0.4, -0.2) is 47.0 Å². The van der Waals surface area contributed by atoms with Crippen molar-refractivity contribution in [2.45, 2.75) is 18.4 Å². The predicted octanol–water partition coefficient (Wildman–Crippen LogP) is 1.01. The average molecular weight is 348 g/mol. The highest BCUT2D eigenvalue weighted by Gasteiger charge is 2.56. The van der Waals surface area contributed by atoms with E-state index in [4.69, 9.17) is 4.74 Å². The highest BCUT2D eigenvalue weighted by Crippen LogP contribution is 2.41. The molecule has 1 aliphatic carbocycles. The molecule has 10 heteroatoms. The number of imide groups is 1. The first kappa shape index (κ1) is 16.7. The Hall–Kier alpha value is -3.17. The molecule has 1 aliphatic heterocycles. The quantitative estimate of drug-likeness (QED) is 0.464. The number of rotatable bonds is 5. The van der Waals surface area contributed by atoms with Gasteiger partial charge in [-0.2, -0.15) is 0 Å². The summed E-state index contributed by atoms with van der Waals surface area (Å²) in [4.78, 5) is 47.1. The van der Waals surface area contributed by atoms with Gasteiger partial charge in [0.25, 0.3) is 11.6 Å². The summed E-state index contributed by atoms with van der Waals surface area (Å²) in [5, 5.41) is 15.4. The number of hydrogen-bond acceptors (Lipinski definition) is 6.